The Morgan fingerprint density at radius 2 is 1.46 bits per heavy atom. The Bertz CT molecular complexity index is 2410. The van der Waals surface area contributed by atoms with Crippen LogP contribution in [0.15, 0.2) is 175 Å². The molecule has 2 unspecified atom stereocenters. The molecule has 0 aromatic heterocycles. The molecule has 2 N–H and O–H groups in total. The van der Waals surface area contributed by atoms with Crippen molar-refractivity contribution in [3.05, 3.63) is 214 Å². The fraction of sp³-hybridized carbons (Fsp3) is 0.208. The first-order valence-corrected chi connectivity index (χ1v) is 20.2. The van der Waals surface area contributed by atoms with Crippen LogP contribution in [-0.2, 0) is 5.41 Å². The normalized spacial score (nSPS) is 18.7. The minimum Gasteiger partial charge on any atom is -0.480 e. The third-order valence-electron chi connectivity index (χ3n) is 12.0. The predicted octanol–water partition coefficient (Wildman–Crippen LogP) is 13.2. The van der Waals surface area contributed by atoms with Gasteiger partial charge in [0.1, 0.15) is 11.9 Å². The van der Waals surface area contributed by atoms with E-state index in [4.69, 9.17) is 17.0 Å². The Morgan fingerprint density at radius 3 is 2.05 bits per heavy atom. The summed E-state index contributed by atoms with van der Waals surface area (Å²) < 4.78 is 6.89. The zero-order chi connectivity index (χ0) is 39.0. The number of rotatable bonds is 10. The van der Waals surface area contributed by atoms with E-state index in [1.807, 2.05) is 18.2 Å². The van der Waals surface area contributed by atoms with Gasteiger partial charge in [-0.05, 0) is 107 Å². The van der Waals surface area contributed by atoms with Crippen LogP contribution in [0.2, 0.25) is 0 Å². The van der Waals surface area contributed by atoms with Crippen LogP contribution >= 0.6 is 0 Å². The number of ether oxygens (including phenoxy) is 1. The number of allylic oxidation sites excluding steroid dienone is 8. The second-order valence-corrected chi connectivity index (χ2v) is 14.9. The number of hydrogen-bond acceptors (Lipinski definition) is 3. The zero-order valence-corrected chi connectivity index (χ0v) is 33.3. The van der Waals surface area contributed by atoms with Crippen molar-refractivity contribution in [1.82, 2.24) is 0 Å². The van der Waals surface area contributed by atoms with Crippen molar-refractivity contribution in [2.75, 3.05) is 11.4 Å². The van der Waals surface area contributed by atoms with Gasteiger partial charge >= 0.3 is 0 Å². The number of hydrogen-bond donors (Lipinski definition) is 1. The van der Waals surface area contributed by atoms with Gasteiger partial charge in [0.05, 0.1) is 11.1 Å². The van der Waals surface area contributed by atoms with E-state index in [0.29, 0.717) is 0 Å². The van der Waals surface area contributed by atoms with Gasteiger partial charge in [0.2, 0.25) is 0 Å². The van der Waals surface area contributed by atoms with E-state index < -0.39 is 5.41 Å². The lowest BCUT2D eigenvalue weighted by atomic mass is 9.62. The highest BCUT2D eigenvalue weighted by molar-refractivity contribution is 5.96. The Morgan fingerprint density at radius 1 is 0.839 bits per heavy atom. The number of fused-ring (bicyclic) bond motifs is 8. The topological polar surface area (TPSA) is 38.5 Å². The van der Waals surface area contributed by atoms with Crippen LogP contribution in [0.5, 0.6) is 5.75 Å². The standard InChI is InChI=1S/C53H52N2O/c1-7-22-45-48(10-4)55(11-5)51-46(53(45)43-29-20-18-27-39(43)40-28-19-21-30-44(40)53)33-42-49(56-52(42)50(51)35(6)8-2)32-31-36(9-3)41(37-23-14-12-15-24-37)34-47(54)38-25-16-13-17-26-38/h9-10,12-34,41,49H,6-8,11,54H2,1-5H3/b32-31-,36-9+,45-22+,47-34-,48-10+. The molecule has 0 saturated carbocycles. The highest BCUT2D eigenvalue weighted by Crippen LogP contribution is 2.65. The van der Waals surface area contributed by atoms with Crippen LogP contribution in [-0.4, -0.2) is 6.54 Å². The summed E-state index contributed by atoms with van der Waals surface area (Å²) in [6.07, 6.45) is 15.2. The van der Waals surface area contributed by atoms with Gasteiger partial charge in [-0.25, -0.2) is 0 Å². The van der Waals surface area contributed by atoms with Gasteiger partial charge < -0.3 is 15.4 Å². The summed E-state index contributed by atoms with van der Waals surface area (Å²) in [6.45, 7) is 16.5. The summed E-state index contributed by atoms with van der Waals surface area (Å²) in [6, 6.07) is 41.4. The first kappa shape index (κ1) is 36.9. The number of nitrogens with two attached hydrogens (primary N) is 1. The van der Waals surface area contributed by atoms with E-state index in [1.54, 1.807) is 0 Å². The molecule has 0 amide bonds. The minimum atomic E-state index is -0.500. The molecule has 1 spiro atoms. The molecule has 2 heterocycles. The monoisotopic (exact) mass is 732 g/mol. The molecule has 5 aromatic rings. The largest absolute Gasteiger partial charge is 0.480 e. The lowest BCUT2D eigenvalue weighted by molar-refractivity contribution is 0.192. The number of likely N-dealkylation sites (N-methyl/N-ethyl adjacent to an activating group) is 1. The van der Waals surface area contributed by atoms with Gasteiger partial charge in [-0.3, -0.25) is 0 Å². The fourth-order valence-electron chi connectivity index (χ4n) is 9.41. The second-order valence-electron chi connectivity index (χ2n) is 14.9. The molecule has 0 radical (unpaired) electrons. The lowest BCUT2D eigenvalue weighted by Crippen LogP contribution is -2.43. The lowest BCUT2D eigenvalue weighted by Gasteiger charge is -2.49. The average molecular weight is 733 g/mol. The zero-order valence-electron chi connectivity index (χ0n) is 33.3. The molecule has 280 valence electrons. The molecule has 3 nitrogen and oxygen atoms in total. The first-order chi connectivity index (χ1) is 27.4. The van der Waals surface area contributed by atoms with Crippen molar-refractivity contribution in [3.8, 4) is 16.9 Å². The Hall–Kier alpha value is -6.06. The Labute approximate surface area is 333 Å². The molecular weight excluding hydrogens is 681 g/mol. The SMILES string of the molecule is C=C(CC)c1c2c(cc3c1N(CC)C(=C/C)/C(=C\CC)C31c3ccccc3-c3ccccc31)C(/C=C\C(=C/C)C(/C=C(\N)c1ccccc1)c1ccccc1)O2. The molecule has 56 heavy (non-hydrogen) atoms. The maximum atomic E-state index is 6.89. The van der Waals surface area contributed by atoms with Crippen molar-refractivity contribution in [1.29, 1.82) is 0 Å². The molecule has 0 saturated heterocycles. The van der Waals surface area contributed by atoms with Crippen molar-refractivity contribution < 1.29 is 4.74 Å². The van der Waals surface area contributed by atoms with Crippen LogP contribution in [0.3, 0.4) is 0 Å². The second kappa shape index (κ2) is 15.2. The van der Waals surface area contributed by atoms with Crippen LogP contribution in [0.1, 0.15) is 98.4 Å². The molecule has 5 aromatic carbocycles. The third-order valence-corrected chi connectivity index (χ3v) is 12.0. The van der Waals surface area contributed by atoms with Crippen LogP contribution in [0.25, 0.3) is 22.4 Å². The predicted molar refractivity (Wildman–Crippen MR) is 237 cm³/mol. The smallest absolute Gasteiger partial charge is 0.146 e. The van der Waals surface area contributed by atoms with Crippen molar-refractivity contribution in [3.63, 3.8) is 0 Å². The summed E-state index contributed by atoms with van der Waals surface area (Å²) in [4.78, 5) is 2.51. The number of benzene rings is 5. The summed E-state index contributed by atoms with van der Waals surface area (Å²) in [7, 11) is 0. The van der Waals surface area contributed by atoms with E-state index in [-0.39, 0.29) is 12.0 Å². The van der Waals surface area contributed by atoms with E-state index >= 15 is 0 Å². The molecule has 8 rings (SSSR count). The van der Waals surface area contributed by atoms with E-state index in [0.717, 1.165) is 53.1 Å². The molecule has 3 heteroatoms. The summed E-state index contributed by atoms with van der Waals surface area (Å²) in [5.74, 6) is 0.914. The van der Waals surface area contributed by atoms with Gasteiger partial charge in [-0.2, -0.15) is 0 Å². The van der Waals surface area contributed by atoms with Crippen LogP contribution in [0.4, 0.5) is 5.69 Å². The van der Waals surface area contributed by atoms with Crippen LogP contribution < -0.4 is 15.4 Å². The molecule has 1 aliphatic carbocycles. The van der Waals surface area contributed by atoms with Crippen LogP contribution in [0, 0.1) is 0 Å². The minimum absolute atomic E-state index is 0.0370. The van der Waals surface area contributed by atoms with Gasteiger partial charge in [-0.1, -0.05) is 154 Å². The first-order valence-electron chi connectivity index (χ1n) is 20.2. The van der Waals surface area contributed by atoms with E-state index in [1.165, 1.54) is 55.9 Å². The third kappa shape index (κ3) is 5.72. The molecule has 0 fully saturated rings. The molecule has 3 aliphatic rings. The van der Waals surface area contributed by atoms with Gasteiger partial charge in [0, 0.05) is 35.0 Å². The summed E-state index contributed by atoms with van der Waals surface area (Å²) in [5, 5.41) is 0. The highest BCUT2D eigenvalue weighted by Gasteiger charge is 2.54. The molecule has 0 bridgehead atoms. The van der Waals surface area contributed by atoms with Crippen molar-refractivity contribution in [2.24, 2.45) is 5.73 Å². The maximum absolute atomic E-state index is 6.89. The van der Waals surface area contributed by atoms with Crippen molar-refractivity contribution >= 4 is 17.0 Å². The fourth-order valence-corrected chi connectivity index (χ4v) is 9.41. The van der Waals surface area contributed by atoms with Gasteiger partial charge in [0.25, 0.3) is 0 Å². The Kier molecular flexibility index (Phi) is 10.0. The van der Waals surface area contributed by atoms with Crippen molar-refractivity contribution in [2.45, 2.75) is 64.9 Å². The summed E-state index contributed by atoms with van der Waals surface area (Å²) >= 11 is 0. The maximum Gasteiger partial charge on any atom is 0.146 e. The van der Waals surface area contributed by atoms with E-state index in [2.05, 4.69) is 173 Å². The van der Waals surface area contributed by atoms with Gasteiger partial charge in [0.15, 0.2) is 0 Å². The molecular formula is C53H52N2O. The average Bonchev–Trinajstić information content (AvgIpc) is 3.53. The van der Waals surface area contributed by atoms with E-state index in [9.17, 15) is 0 Å². The molecule has 2 atom stereocenters. The number of nitrogens with zero attached hydrogens (tertiary/aromatic N) is 1. The highest BCUT2D eigenvalue weighted by atomic mass is 16.5. The van der Waals surface area contributed by atoms with Gasteiger partial charge in [-0.15, -0.1) is 0 Å². The Balaban J connectivity index is 1.33. The summed E-state index contributed by atoms with van der Waals surface area (Å²) in [5.41, 5.74) is 24.2. The number of anilines is 1. The quantitative estimate of drug-likeness (QED) is 0.145. The molecule has 2 aliphatic heterocycles.